The third kappa shape index (κ3) is 2.07. The summed E-state index contributed by atoms with van der Waals surface area (Å²) in [6.07, 6.45) is 5.43. The van der Waals surface area contributed by atoms with Crippen LogP contribution in [0.1, 0.15) is 46.5 Å². The van der Waals surface area contributed by atoms with Crippen molar-refractivity contribution in [2.75, 3.05) is 26.2 Å². The van der Waals surface area contributed by atoms with E-state index in [1.54, 1.807) is 0 Å². The Hall–Kier alpha value is -0.0800. The van der Waals surface area contributed by atoms with Crippen LogP contribution >= 0.6 is 0 Å². The molecular weight excluding hydrogens is 184 g/mol. The van der Waals surface area contributed by atoms with Gasteiger partial charge in [-0.3, -0.25) is 9.80 Å². The van der Waals surface area contributed by atoms with Gasteiger partial charge in [-0.25, -0.2) is 0 Å². The molecule has 0 saturated carbocycles. The highest BCUT2D eigenvalue weighted by molar-refractivity contribution is 4.93. The molecule has 1 atom stereocenters. The molecule has 0 spiro atoms. The Kier molecular flexibility index (Phi) is 3.36. The molecule has 88 valence electrons. The van der Waals surface area contributed by atoms with E-state index < -0.39 is 0 Å². The first-order valence-electron chi connectivity index (χ1n) is 6.68. The van der Waals surface area contributed by atoms with Crippen molar-refractivity contribution in [3.8, 4) is 0 Å². The zero-order valence-electron chi connectivity index (χ0n) is 10.6. The smallest absolute Gasteiger partial charge is 0.0224 e. The topological polar surface area (TPSA) is 6.48 Å². The summed E-state index contributed by atoms with van der Waals surface area (Å²) < 4.78 is 0. The summed E-state index contributed by atoms with van der Waals surface area (Å²) in [5.41, 5.74) is 0.453. The molecule has 2 rings (SSSR count). The van der Waals surface area contributed by atoms with Gasteiger partial charge in [-0.1, -0.05) is 13.8 Å². The molecule has 0 aliphatic carbocycles. The second kappa shape index (κ2) is 4.42. The summed E-state index contributed by atoms with van der Waals surface area (Å²) in [6, 6.07) is 0.871. The Morgan fingerprint density at radius 2 is 1.87 bits per heavy atom. The van der Waals surface area contributed by atoms with Gasteiger partial charge in [0, 0.05) is 31.2 Å². The highest BCUT2D eigenvalue weighted by atomic mass is 15.3. The van der Waals surface area contributed by atoms with Crippen LogP contribution in [0.4, 0.5) is 0 Å². The summed E-state index contributed by atoms with van der Waals surface area (Å²) in [7, 11) is 0. The fraction of sp³-hybridized carbons (Fsp3) is 1.00. The van der Waals surface area contributed by atoms with Crippen LogP contribution < -0.4 is 0 Å². The lowest BCUT2D eigenvalue weighted by atomic mass is 9.91. The Balaban J connectivity index is 1.99. The summed E-state index contributed by atoms with van der Waals surface area (Å²) in [5, 5.41) is 0. The second-order valence-electron chi connectivity index (χ2n) is 5.48. The average Bonchev–Trinajstić information content (AvgIpc) is 2.74. The lowest BCUT2D eigenvalue weighted by Crippen LogP contribution is -2.57. The van der Waals surface area contributed by atoms with Crippen molar-refractivity contribution in [3.63, 3.8) is 0 Å². The Morgan fingerprint density at radius 1 is 1.13 bits per heavy atom. The first-order valence-corrected chi connectivity index (χ1v) is 6.68. The molecule has 0 radical (unpaired) electrons. The van der Waals surface area contributed by atoms with Crippen LogP contribution in [0.3, 0.4) is 0 Å². The molecule has 0 N–H and O–H groups in total. The largest absolute Gasteiger partial charge is 0.298 e. The number of piperazine rings is 1. The maximum absolute atomic E-state index is 2.75. The van der Waals surface area contributed by atoms with Crippen LogP contribution in [0, 0.1) is 0 Å². The molecule has 2 saturated heterocycles. The quantitative estimate of drug-likeness (QED) is 0.705. The zero-order valence-corrected chi connectivity index (χ0v) is 10.6. The van der Waals surface area contributed by atoms with Crippen molar-refractivity contribution in [3.05, 3.63) is 0 Å². The molecule has 0 aromatic carbocycles. The normalized spacial score (nSPS) is 29.4. The molecule has 2 heterocycles. The predicted molar refractivity (Wildman–Crippen MR) is 65.2 cm³/mol. The van der Waals surface area contributed by atoms with Crippen molar-refractivity contribution in [1.29, 1.82) is 0 Å². The molecule has 2 fully saturated rings. The fourth-order valence-electron chi connectivity index (χ4n) is 3.18. The number of hydrogen-bond acceptors (Lipinski definition) is 2. The van der Waals surface area contributed by atoms with Gasteiger partial charge in [-0.2, -0.15) is 0 Å². The van der Waals surface area contributed by atoms with Gasteiger partial charge < -0.3 is 0 Å². The molecule has 2 aliphatic rings. The lowest BCUT2D eigenvalue weighted by Gasteiger charge is -2.47. The Bertz CT molecular complexity index is 211. The molecule has 2 heteroatoms. The monoisotopic (exact) mass is 210 g/mol. The minimum atomic E-state index is 0.453. The van der Waals surface area contributed by atoms with Crippen molar-refractivity contribution in [1.82, 2.24) is 9.80 Å². The number of nitrogens with zero attached hydrogens (tertiary/aromatic N) is 2. The van der Waals surface area contributed by atoms with Gasteiger partial charge in [0.25, 0.3) is 0 Å². The Morgan fingerprint density at radius 3 is 2.53 bits per heavy atom. The first kappa shape index (κ1) is 11.4. The number of hydrogen-bond donors (Lipinski definition) is 0. The van der Waals surface area contributed by atoms with E-state index in [4.69, 9.17) is 0 Å². The van der Waals surface area contributed by atoms with Crippen molar-refractivity contribution in [2.24, 2.45) is 0 Å². The van der Waals surface area contributed by atoms with E-state index in [1.165, 1.54) is 51.9 Å². The summed E-state index contributed by atoms with van der Waals surface area (Å²) in [6.45, 7) is 12.4. The SMILES string of the molecule is CCC(C)(CC)N1CCN2CCCC2C1. The molecule has 0 amide bonds. The van der Waals surface area contributed by atoms with Crippen LogP contribution in [0.5, 0.6) is 0 Å². The first-order chi connectivity index (χ1) is 7.19. The van der Waals surface area contributed by atoms with Crippen LogP contribution in [0.2, 0.25) is 0 Å². The molecule has 0 aromatic heterocycles. The zero-order chi connectivity index (χ0) is 10.9. The van der Waals surface area contributed by atoms with E-state index in [1.807, 2.05) is 0 Å². The van der Waals surface area contributed by atoms with Crippen LogP contribution in [-0.2, 0) is 0 Å². The van der Waals surface area contributed by atoms with Gasteiger partial charge >= 0.3 is 0 Å². The maximum atomic E-state index is 2.75. The highest BCUT2D eigenvalue weighted by Gasteiger charge is 2.36. The van der Waals surface area contributed by atoms with Crippen LogP contribution in [0.15, 0.2) is 0 Å². The minimum absolute atomic E-state index is 0.453. The Labute approximate surface area is 94.6 Å². The molecule has 0 aromatic rings. The maximum Gasteiger partial charge on any atom is 0.0224 e. The van der Waals surface area contributed by atoms with Crippen molar-refractivity contribution < 1.29 is 0 Å². The number of rotatable bonds is 3. The molecule has 1 unspecified atom stereocenters. The molecular formula is C13H26N2. The molecule has 0 bridgehead atoms. The fourth-order valence-corrected chi connectivity index (χ4v) is 3.18. The molecule has 15 heavy (non-hydrogen) atoms. The van der Waals surface area contributed by atoms with Crippen molar-refractivity contribution in [2.45, 2.75) is 58.0 Å². The van der Waals surface area contributed by atoms with E-state index in [0.29, 0.717) is 5.54 Å². The number of fused-ring (bicyclic) bond motifs is 1. The van der Waals surface area contributed by atoms with E-state index >= 15 is 0 Å². The minimum Gasteiger partial charge on any atom is -0.298 e. The summed E-state index contributed by atoms with van der Waals surface area (Å²) >= 11 is 0. The van der Waals surface area contributed by atoms with E-state index in [0.717, 1.165) is 6.04 Å². The van der Waals surface area contributed by atoms with Gasteiger partial charge in [0.15, 0.2) is 0 Å². The van der Waals surface area contributed by atoms with Gasteiger partial charge in [-0.15, -0.1) is 0 Å². The predicted octanol–water partition coefficient (Wildman–Crippen LogP) is 2.35. The molecule has 2 aliphatic heterocycles. The van der Waals surface area contributed by atoms with E-state index in [9.17, 15) is 0 Å². The second-order valence-corrected chi connectivity index (χ2v) is 5.48. The third-order valence-corrected chi connectivity index (χ3v) is 4.87. The summed E-state index contributed by atoms with van der Waals surface area (Å²) in [5.74, 6) is 0. The van der Waals surface area contributed by atoms with E-state index in [-0.39, 0.29) is 0 Å². The van der Waals surface area contributed by atoms with E-state index in [2.05, 4.69) is 30.6 Å². The van der Waals surface area contributed by atoms with Gasteiger partial charge in [-0.05, 0) is 39.2 Å². The standard InChI is InChI=1S/C13H26N2/c1-4-13(3,5-2)15-10-9-14-8-6-7-12(14)11-15/h12H,4-11H2,1-3H3. The van der Waals surface area contributed by atoms with Crippen molar-refractivity contribution >= 4 is 0 Å². The van der Waals surface area contributed by atoms with Gasteiger partial charge in [0.2, 0.25) is 0 Å². The third-order valence-electron chi connectivity index (χ3n) is 4.87. The van der Waals surface area contributed by atoms with Gasteiger partial charge in [0.05, 0.1) is 0 Å². The van der Waals surface area contributed by atoms with Crippen LogP contribution in [-0.4, -0.2) is 47.6 Å². The summed E-state index contributed by atoms with van der Waals surface area (Å²) in [4.78, 5) is 5.45. The lowest BCUT2D eigenvalue weighted by molar-refractivity contribution is 0.0187. The highest BCUT2D eigenvalue weighted by Crippen LogP contribution is 2.29. The molecule has 2 nitrogen and oxygen atoms in total. The van der Waals surface area contributed by atoms with Gasteiger partial charge in [0.1, 0.15) is 0 Å². The average molecular weight is 210 g/mol. The van der Waals surface area contributed by atoms with Crippen LogP contribution in [0.25, 0.3) is 0 Å².